The van der Waals surface area contributed by atoms with E-state index in [-0.39, 0.29) is 11.6 Å². The molecular formula is C13H24N4O. The maximum Gasteiger partial charge on any atom is 0.126 e. The maximum atomic E-state index is 5.86. The van der Waals surface area contributed by atoms with Crippen molar-refractivity contribution in [1.82, 2.24) is 10.4 Å². The molecule has 0 saturated heterocycles. The molecule has 0 fully saturated rings. The summed E-state index contributed by atoms with van der Waals surface area (Å²) in [6, 6.07) is 3.84. The Morgan fingerprint density at radius 2 is 2.22 bits per heavy atom. The molecule has 1 heterocycles. The number of hydrazine groups is 1. The number of nitrogens with one attached hydrogen (secondary N) is 1. The van der Waals surface area contributed by atoms with Gasteiger partial charge in [-0.25, -0.2) is 4.98 Å². The minimum absolute atomic E-state index is 0.00560. The maximum absolute atomic E-state index is 5.86. The van der Waals surface area contributed by atoms with Crippen LogP contribution in [0.2, 0.25) is 0 Å². The van der Waals surface area contributed by atoms with Crippen LogP contribution in [-0.2, 0) is 11.2 Å². The van der Waals surface area contributed by atoms with Crippen molar-refractivity contribution in [2.75, 3.05) is 12.3 Å². The number of anilines is 1. The van der Waals surface area contributed by atoms with Crippen LogP contribution in [0.3, 0.4) is 0 Å². The molecule has 1 rings (SSSR count). The number of nitrogens with two attached hydrogens (primary N) is 2. The Kier molecular flexibility index (Phi) is 5.53. The lowest BCUT2D eigenvalue weighted by molar-refractivity contribution is -0.0550. The summed E-state index contributed by atoms with van der Waals surface area (Å²) in [5.74, 6) is 6.22. The molecule has 1 aromatic heterocycles. The predicted molar refractivity (Wildman–Crippen MR) is 73.8 cm³/mol. The van der Waals surface area contributed by atoms with E-state index in [1.165, 1.54) is 0 Å². The molecule has 18 heavy (non-hydrogen) atoms. The van der Waals surface area contributed by atoms with E-state index in [9.17, 15) is 0 Å². The molecule has 0 bridgehead atoms. The summed E-state index contributed by atoms with van der Waals surface area (Å²) in [5, 5.41) is 0. The fraction of sp³-hybridized carbons (Fsp3) is 0.615. The van der Waals surface area contributed by atoms with Gasteiger partial charge in [-0.1, -0.05) is 13.0 Å². The molecule has 0 saturated carbocycles. The SMILES string of the molecule is CCOC(C)(CC)C(Cc1cccnc1N)NN. The first-order chi connectivity index (χ1) is 8.57. The van der Waals surface area contributed by atoms with Gasteiger partial charge >= 0.3 is 0 Å². The molecule has 0 amide bonds. The summed E-state index contributed by atoms with van der Waals surface area (Å²) < 4.78 is 5.84. The van der Waals surface area contributed by atoms with Gasteiger partial charge in [0.15, 0.2) is 0 Å². The van der Waals surface area contributed by atoms with E-state index in [1.54, 1.807) is 6.20 Å². The Balaban J connectivity index is 2.87. The fourth-order valence-corrected chi connectivity index (χ4v) is 2.07. The number of hydrogen-bond acceptors (Lipinski definition) is 5. The Morgan fingerprint density at radius 1 is 1.50 bits per heavy atom. The van der Waals surface area contributed by atoms with E-state index in [0.29, 0.717) is 18.8 Å². The van der Waals surface area contributed by atoms with Gasteiger partial charge < -0.3 is 10.5 Å². The Hall–Kier alpha value is -1.17. The first-order valence-corrected chi connectivity index (χ1v) is 6.36. The molecule has 0 aliphatic heterocycles. The number of nitrogen functional groups attached to an aromatic ring is 1. The predicted octanol–water partition coefficient (Wildman–Crippen LogP) is 1.24. The van der Waals surface area contributed by atoms with Crippen molar-refractivity contribution < 1.29 is 4.74 Å². The van der Waals surface area contributed by atoms with Crippen LogP contribution >= 0.6 is 0 Å². The normalized spacial score (nSPS) is 16.2. The third kappa shape index (κ3) is 3.41. The second-order valence-corrected chi connectivity index (χ2v) is 4.57. The van der Waals surface area contributed by atoms with Crippen LogP contribution in [0.15, 0.2) is 18.3 Å². The van der Waals surface area contributed by atoms with E-state index in [1.807, 2.05) is 19.1 Å². The summed E-state index contributed by atoms with van der Waals surface area (Å²) in [6.07, 6.45) is 3.25. The third-order valence-electron chi connectivity index (χ3n) is 3.46. The van der Waals surface area contributed by atoms with E-state index in [2.05, 4.69) is 24.3 Å². The van der Waals surface area contributed by atoms with Gasteiger partial charge in [-0.3, -0.25) is 11.3 Å². The molecule has 0 spiro atoms. The van der Waals surface area contributed by atoms with Crippen LogP contribution in [0, 0.1) is 0 Å². The van der Waals surface area contributed by atoms with E-state index >= 15 is 0 Å². The van der Waals surface area contributed by atoms with E-state index in [0.717, 1.165) is 12.0 Å². The van der Waals surface area contributed by atoms with Crippen molar-refractivity contribution in [2.45, 2.75) is 45.3 Å². The molecule has 5 heteroatoms. The van der Waals surface area contributed by atoms with Gasteiger partial charge in [0.25, 0.3) is 0 Å². The summed E-state index contributed by atoms with van der Waals surface area (Å²) in [4.78, 5) is 4.09. The first-order valence-electron chi connectivity index (χ1n) is 6.36. The van der Waals surface area contributed by atoms with Gasteiger partial charge in [0.2, 0.25) is 0 Å². The highest BCUT2D eigenvalue weighted by Gasteiger charge is 2.33. The van der Waals surface area contributed by atoms with Crippen molar-refractivity contribution in [3.05, 3.63) is 23.9 Å². The van der Waals surface area contributed by atoms with Crippen LogP contribution in [0.4, 0.5) is 5.82 Å². The van der Waals surface area contributed by atoms with Crippen LogP contribution in [0.25, 0.3) is 0 Å². The summed E-state index contributed by atoms with van der Waals surface area (Å²) in [7, 11) is 0. The zero-order valence-electron chi connectivity index (χ0n) is 11.4. The van der Waals surface area contributed by atoms with Crippen LogP contribution < -0.4 is 17.0 Å². The first kappa shape index (κ1) is 14.9. The zero-order chi connectivity index (χ0) is 13.6. The number of hydrogen-bond donors (Lipinski definition) is 3. The quantitative estimate of drug-likeness (QED) is 0.502. The van der Waals surface area contributed by atoms with Crippen LogP contribution in [0.1, 0.15) is 32.8 Å². The number of ether oxygens (including phenoxy) is 1. The topological polar surface area (TPSA) is 86.2 Å². The molecule has 1 aromatic rings. The lowest BCUT2D eigenvalue weighted by atomic mass is 9.88. The molecule has 0 aliphatic rings. The van der Waals surface area contributed by atoms with Crippen molar-refractivity contribution >= 4 is 5.82 Å². The Labute approximate surface area is 109 Å². The fourth-order valence-electron chi connectivity index (χ4n) is 2.07. The Bertz CT molecular complexity index is 372. The van der Waals surface area contributed by atoms with E-state index < -0.39 is 0 Å². The number of pyridine rings is 1. The second kappa shape index (κ2) is 6.68. The molecule has 0 radical (unpaired) electrons. The zero-order valence-corrected chi connectivity index (χ0v) is 11.4. The van der Waals surface area contributed by atoms with Crippen molar-refractivity contribution in [3.63, 3.8) is 0 Å². The third-order valence-corrected chi connectivity index (χ3v) is 3.46. The number of rotatable bonds is 7. The highest BCUT2D eigenvalue weighted by atomic mass is 16.5. The molecular weight excluding hydrogens is 228 g/mol. The highest BCUT2D eigenvalue weighted by molar-refractivity contribution is 5.39. The van der Waals surface area contributed by atoms with Gasteiger partial charge in [0.05, 0.1) is 11.6 Å². The lowest BCUT2D eigenvalue weighted by Crippen LogP contribution is -2.54. The molecule has 5 N–H and O–H groups in total. The van der Waals surface area contributed by atoms with Crippen molar-refractivity contribution in [2.24, 2.45) is 5.84 Å². The monoisotopic (exact) mass is 252 g/mol. The highest BCUT2D eigenvalue weighted by Crippen LogP contribution is 2.24. The molecule has 0 aromatic carbocycles. The van der Waals surface area contributed by atoms with Crippen LogP contribution in [0.5, 0.6) is 0 Å². The second-order valence-electron chi connectivity index (χ2n) is 4.57. The van der Waals surface area contributed by atoms with Crippen molar-refractivity contribution in [3.8, 4) is 0 Å². The standard InChI is InChI=1S/C13H24N4O/c1-4-13(3,18-5-2)11(17-15)9-10-7-6-8-16-12(10)14/h6-8,11,17H,4-5,9,15H2,1-3H3,(H2,14,16). The van der Waals surface area contributed by atoms with E-state index in [4.69, 9.17) is 16.3 Å². The van der Waals surface area contributed by atoms with Gasteiger partial charge in [0.1, 0.15) is 5.82 Å². The minimum Gasteiger partial charge on any atom is -0.383 e. The number of nitrogens with zero attached hydrogens (tertiary/aromatic N) is 1. The summed E-state index contributed by atoms with van der Waals surface area (Å²) >= 11 is 0. The van der Waals surface area contributed by atoms with Gasteiger partial charge in [-0.15, -0.1) is 0 Å². The smallest absolute Gasteiger partial charge is 0.126 e. The van der Waals surface area contributed by atoms with Gasteiger partial charge in [0, 0.05) is 12.8 Å². The van der Waals surface area contributed by atoms with Gasteiger partial charge in [-0.05, 0) is 38.3 Å². The van der Waals surface area contributed by atoms with Crippen LogP contribution in [-0.4, -0.2) is 23.2 Å². The lowest BCUT2D eigenvalue weighted by Gasteiger charge is -2.36. The molecule has 5 nitrogen and oxygen atoms in total. The molecule has 2 atom stereocenters. The Morgan fingerprint density at radius 3 is 2.72 bits per heavy atom. The molecule has 102 valence electrons. The van der Waals surface area contributed by atoms with Gasteiger partial charge in [-0.2, -0.15) is 0 Å². The largest absolute Gasteiger partial charge is 0.383 e. The molecule has 0 aliphatic carbocycles. The van der Waals surface area contributed by atoms with Crippen molar-refractivity contribution in [1.29, 1.82) is 0 Å². The average Bonchev–Trinajstić information content (AvgIpc) is 2.38. The summed E-state index contributed by atoms with van der Waals surface area (Å²) in [6.45, 7) is 6.80. The molecule has 2 unspecified atom stereocenters. The minimum atomic E-state index is -0.314. The number of aromatic nitrogens is 1. The average molecular weight is 252 g/mol. The summed E-state index contributed by atoms with van der Waals surface area (Å²) in [5.41, 5.74) is 9.38.